The normalized spacial score (nSPS) is 18.3. The minimum Gasteiger partial charge on any atom is -0.352 e. The Labute approximate surface area is 150 Å². The van der Waals surface area contributed by atoms with E-state index in [0.717, 1.165) is 5.56 Å². The predicted octanol–water partition coefficient (Wildman–Crippen LogP) is 1.67. The summed E-state index contributed by atoms with van der Waals surface area (Å²) < 4.78 is 27.0. The number of carbonyl (C=O) groups is 1. The van der Waals surface area contributed by atoms with Gasteiger partial charge in [-0.05, 0) is 43.4 Å². The second-order valence-electron chi connectivity index (χ2n) is 7.05. The van der Waals surface area contributed by atoms with E-state index in [4.69, 9.17) is 5.73 Å². The molecule has 0 spiro atoms. The molecule has 0 saturated carbocycles. The first-order chi connectivity index (χ1) is 11.8. The molecule has 1 atom stereocenters. The topological polar surface area (TPSA) is 92.5 Å². The van der Waals surface area contributed by atoms with Gasteiger partial charge in [-0.25, -0.2) is 8.42 Å². The predicted molar refractivity (Wildman–Crippen MR) is 98.7 cm³/mol. The molecule has 1 aromatic carbocycles. The number of sulfonamides is 1. The van der Waals surface area contributed by atoms with Gasteiger partial charge in [0.15, 0.2) is 0 Å². The van der Waals surface area contributed by atoms with Crippen LogP contribution in [0.15, 0.2) is 29.2 Å². The number of nitrogens with zero attached hydrogens (tertiary/aromatic N) is 1. The Morgan fingerprint density at radius 3 is 2.24 bits per heavy atom. The van der Waals surface area contributed by atoms with E-state index in [-0.39, 0.29) is 17.9 Å². The number of benzene rings is 1. The number of hydrogen-bond donors (Lipinski definition) is 2. The van der Waals surface area contributed by atoms with Crippen LogP contribution in [0, 0.1) is 5.92 Å². The summed E-state index contributed by atoms with van der Waals surface area (Å²) in [5, 5.41) is 2.87. The summed E-state index contributed by atoms with van der Waals surface area (Å²) in [6.07, 6.45) is 1.07. The molecule has 0 radical (unpaired) electrons. The Morgan fingerprint density at radius 1 is 1.20 bits per heavy atom. The molecule has 7 heteroatoms. The van der Waals surface area contributed by atoms with Gasteiger partial charge in [-0.1, -0.05) is 26.0 Å². The summed E-state index contributed by atoms with van der Waals surface area (Å²) in [6.45, 7) is 7.13. The fourth-order valence-corrected chi connectivity index (χ4v) is 4.42. The first kappa shape index (κ1) is 19.9. The monoisotopic (exact) mass is 367 g/mol. The van der Waals surface area contributed by atoms with E-state index in [9.17, 15) is 13.2 Å². The maximum Gasteiger partial charge on any atom is 0.243 e. The van der Waals surface area contributed by atoms with Crippen LogP contribution < -0.4 is 11.1 Å². The molecule has 140 valence electrons. The number of carbonyl (C=O) groups excluding carboxylic acids is 1. The molecule has 0 unspecified atom stereocenters. The molecule has 1 fully saturated rings. The molecule has 0 bridgehead atoms. The van der Waals surface area contributed by atoms with Crippen LogP contribution in [0.3, 0.4) is 0 Å². The fourth-order valence-electron chi connectivity index (χ4n) is 2.95. The number of amides is 1. The summed E-state index contributed by atoms with van der Waals surface area (Å²) in [5.74, 6) is 0.182. The van der Waals surface area contributed by atoms with Gasteiger partial charge in [-0.3, -0.25) is 4.79 Å². The van der Waals surface area contributed by atoms with Crippen molar-refractivity contribution >= 4 is 15.9 Å². The standard InChI is InChI=1S/C18H29N3O3S/c1-13(2)15-4-6-17(7-5-15)25(23,24)21-10-8-16(9-11-21)18(22)20-14(3)12-19/h4-7,13-14,16H,8-12,19H2,1-3H3,(H,20,22)/t14-/m0/s1. The number of hydrogen-bond acceptors (Lipinski definition) is 4. The summed E-state index contributed by atoms with van der Waals surface area (Å²) >= 11 is 0. The molecule has 1 heterocycles. The van der Waals surface area contributed by atoms with Crippen LogP contribution in [0.4, 0.5) is 0 Å². The Hall–Kier alpha value is -1.44. The number of rotatable bonds is 6. The van der Waals surface area contributed by atoms with Gasteiger partial charge in [0.1, 0.15) is 0 Å². The number of piperidine rings is 1. The van der Waals surface area contributed by atoms with Gasteiger partial charge in [0.05, 0.1) is 4.90 Å². The molecule has 1 aliphatic rings. The Morgan fingerprint density at radius 2 is 1.76 bits per heavy atom. The van der Waals surface area contributed by atoms with Gasteiger partial charge in [-0.2, -0.15) is 4.31 Å². The van der Waals surface area contributed by atoms with E-state index in [1.165, 1.54) is 4.31 Å². The van der Waals surface area contributed by atoms with Gasteiger partial charge in [0.25, 0.3) is 0 Å². The zero-order chi connectivity index (χ0) is 18.6. The minimum atomic E-state index is -3.50. The molecule has 25 heavy (non-hydrogen) atoms. The molecule has 1 saturated heterocycles. The third kappa shape index (κ3) is 4.80. The molecule has 1 aliphatic heterocycles. The lowest BCUT2D eigenvalue weighted by molar-refractivity contribution is -0.126. The highest BCUT2D eigenvalue weighted by atomic mass is 32.2. The van der Waals surface area contributed by atoms with Crippen molar-refractivity contribution in [2.45, 2.75) is 50.5 Å². The highest BCUT2D eigenvalue weighted by Gasteiger charge is 2.32. The smallest absolute Gasteiger partial charge is 0.243 e. The first-order valence-electron chi connectivity index (χ1n) is 8.86. The van der Waals surface area contributed by atoms with E-state index >= 15 is 0 Å². The SMILES string of the molecule is CC(C)c1ccc(S(=O)(=O)N2CCC(C(=O)N[C@@H](C)CN)CC2)cc1. The zero-order valence-electron chi connectivity index (χ0n) is 15.2. The van der Waals surface area contributed by atoms with E-state index < -0.39 is 10.0 Å². The third-order valence-corrected chi connectivity index (χ3v) is 6.66. The Kier molecular flexibility index (Phi) is 6.59. The fraction of sp³-hybridized carbons (Fsp3) is 0.611. The lowest BCUT2D eigenvalue weighted by Crippen LogP contribution is -2.46. The largest absolute Gasteiger partial charge is 0.352 e. The van der Waals surface area contributed by atoms with Gasteiger partial charge in [0, 0.05) is 31.6 Å². The quantitative estimate of drug-likeness (QED) is 0.800. The van der Waals surface area contributed by atoms with Crippen molar-refractivity contribution in [1.82, 2.24) is 9.62 Å². The average Bonchev–Trinajstić information content (AvgIpc) is 2.61. The second-order valence-corrected chi connectivity index (χ2v) is 8.99. The van der Waals surface area contributed by atoms with Crippen molar-refractivity contribution in [1.29, 1.82) is 0 Å². The van der Waals surface area contributed by atoms with Crippen molar-refractivity contribution in [3.05, 3.63) is 29.8 Å². The van der Waals surface area contributed by atoms with Gasteiger partial charge in [-0.15, -0.1) is 0 Å². The molecular formula is C18H29N3O3S. The highest BCUT2D eigenvalue weighted by Crippen LogP contribution is 2.25. The number of nitrogens with one attached hydrogen (secondary N) is 1. The van der Waals surface area contributed by atoms with E-state index in [0.29, 0.717) is 43.3 Å². The average molecular weight is 368 g/mol. The van der Waals surface area contributed by atoms with E-state index in [1.54, 1.807) is 12.1 Å². The van der Waals surface area contributed by atoms with Crippen molar-refractivity contribution in [2.75, 3.05) is 19.6 Å². The molecule has 1 amide bonds. The van der Waals surface area contributed by atoms with Crippen LogP contribution >= 0.6 is 0 Å². The van der Waals surface area contributed by atoms with Gasteiger partial charge >= 0.3 is 0 Å². The summed E-state index contributed by atoms with van der Waals surface area (Å²) in [5.41, 5.74) is 6.63. The molecule has 6 nitrogen and oxygen atoms in total. The second kappa shape index (κ2) is 8.29. The van der Waals surface area contributed by atoms with Crippen LogP contribution in [-0.2, 0) is 14.8 Å². The third-order valence-electron chi connectivity index (χ3n) is 4.75. The van der Waals surface area contributed by atoms with E-state index in [1.807, 2.05) is 19.1 Å². The molecule has 1 aromatic rings. The van der Waals surface area contributed by atoms with Crippen LogP contribution in [0.2, 0.25) is 0 Å². The maximum absolute atomic E-state index is 12.8. The minimum absolute atomic E-state index is 0.0312. The van der Waals surface area contributed by atoms with Crippen LogP contribution in [0.5, 0.6) is 0 Å². The van der Waals surface area contributed by atoms with Crippen LogP contribution in [0.25, 0.3) is 0 Å². The Bertz CT molecular complexity index is 678. The van der Waals surface area contributed by atoms with Crippen molar-refractivity contribution in [3.63, 3.8) is 0 Å². The summed E-state index contributed by atoms with van der Waals surface area (Å²) in [6, 6.07) is 7.02. The van der Waals surface area contributed by atoms with Crippen molar-refractivity contribution < 1.29 is 13.2 Å². The van der Waals surface area contributed by atoms with Crippen molar-refractivity contribution in [3.8, 4) is 0 Å². The van der Waals surface area contributed by atoms with Gasteiger partial charge < -0.3 is 11.1 Å². The molecule has 0 aliphatic carbocycles. The van der Waals surface area contributed by atoms with Crippen LogP contribution in [0.1, 0.15) is 45.1 Å². The lowest BCUT2D eigenvalue weighted by atomic mass is 9.97. The van der Waals surface area contributed by atoms with E-state index in [2.05, 4.69) is 19.2 Å². The maximum atomic E-state index is 12.8. The highest BCUT2D eigenvalue weighted by molar-refractivity contribution is 7.89. The first-order valence-corrected chi connectivity index (χ1v) is 10.3. The molecular weight excluding hydrogens is 338 g/mol. The van der Waals surface area contributed by atoms with Crippen molar-refractivity contribution in [2.24, 2.45) is 11.7 Å². The van der Waals surface area contributed by atoms with Gasteiger partial charge in [0.2, 0.25) is 15.9 Å². The Balaban J connectivity index is 2.00. The summed E-state index contributed by atoms with van der Waals surface area (Å²) in [4.78, 5) is 12.5. The lowest BCUT2D eigenvalue weighted by Gasteiger charge is -2.31. The zero-order valence-corrected chi connectivity index (χ0v) is 16.1. The van der Waals surface area contributed by atoms with Crippen LogP contribution in [-0.4, -0.2) is 44.3 Å². The summed E-state index contributed by atoms with van der Waals surface area (Å²) in [7, 11) is -3.50. The number of nitrogens with two attached hydrogens (primary N) is 1. The molecule has 3 N–H and O–H groups in total. The molecule has 0 aromatic heterocycles. The molecule has 2 rings (SSSR count).